The van der Waals surface area contributed by atoms with Crippen LogP contribution < -0.4 is 16.0 Å². The smallest absolute Gasteiger partial charge is 0.224 e. The minimum atomic E-state index is 0.0289. The largest absolute Gasteiger partial charge is 0.357 e. The SMILES string of the molecule is CCNC(=NCc1cccc(NC(=O)CC(C)C)c1)NCc1nnc2ccccn12. The van der Waals surface area contributed by atoms with Crippen molar-refractivity contribution in [2.24, 2.45) is 10.9 Å². The van der Waals surface area contributed by atoms with Gasteiger partial charge in [-0.2, -0.15) is 0 Å². The third-order valence-corrected chi connectivity index (χ3v) is 4.37. The van der Waals surface area contributed by atoms with E-state index in [0.717, 1.165) is 29.3 Å². The van der Waals surface area contributed by atoms with Gasteiger partial charge < -0.3 is 16.0 Å². The van der Waals surface area contributed by atoms with Crippen LogP contribution in [0.1, 0.15) is 38.6 Å². The number of amides is 1. The molecule has 30 heavy (non-hydrogen) atoms. The van der Waals surface area contributed by atoms with Crippen molar-refractivity contribution in [3.8, 4) is 0 Å². The summed E-state index contributed by atoms with van der Waals surface area (Å²) in [6.45, 7) is 7.82. The van der Waals surface area contributed by atoms with Crippen LogP contribution in [0.5, 0.6) is 0 Å². The number of carbonyl (C=O) groups is 1. The maximum absolute atomic E-state index is 12.0. The highest BCUT2D eigenvalue weighted by atomic mass is 16.1. The van der Waals surface area contributed by atoms with E-state index in [1.807, 2.05) is 73.8 Å². The highest BCUT2D eigenvalue weighted by molar-refractivity contribution is 5.90. The van der Waals surface area contributed by atoms with Crippen LogP contribution >= 0.6 is 0 Å². The average molecular weight is 408 g/mol. The molecule has 0 saturated heterocycles. The molecule has 0 aliphatic rings. The van der Waals surface area contributed by atoms with Crippen LogP contribution in [-0.2, 0) is 17.9 Å². The molecule has 2 aromatic heterocycles. The molecule has 1 aromatic carbocycles. The zero-order valence-electron chi connectivity index (χ0n) is 17.7. The summed E-state index contributed by atoms with van der Waals surface area (Å²) >= 11 is 0. The number of nitrogens with zero attached hydrogens (tertiary/aromatic N) is 4. The first-order valence-corrected chi connectivity index (χ1v) is 10.2. The Hall–Kier alpha value is -3.42. The van der Waals surface area contributed by atoms with Crippen molar-refractivity contribution >= 4 is 23.2 Å². The van der Waals surface area contributed by atoms with Gasteiger partial charge in [-0.05, 0) is 42.7 Å². The number of carbonyl (C=O) groups excluding carboxylic acids is 1. The highest BCUT2D eigenvalue weighted by Gasteiger charge is 2.07. The lowest BCUT2D eigenvalue weighted by Gasteiger charge is -2.11. The Morgan fingerprint density at radius 1 is 1.13 bits per heavy atom. The Morgan fingerprint density at radius 2 is 2.00 bits per heavy atom. The van der Waals surface area contributed by atoms with Crippen LogP contribution in [0.3, 0.4) is 0 Å². The number of aromatic nitrogens is 3. The fourth-order valence-corrected chi connectivity index (χ4v) is 3.02. The first-order chi connectivity index (χ1) is 14.5. The van der Waals surface area contributed by atoms with Gasteiger partial charge in [0.1, 0.15) is 0 Å². The quantitative estimate of drug-likeness (QED) is 0.394. The molecule has 0 aliphatic carbocycles. The van der Waals surface area contributed by atoms with Crippen molar-refractivity contribution in [2.45, 2.75) is 40.3 Å². The first-order valence-electron chi connectivity index (χ1n) is 10.2. The van der Waals surface area contributed by atoms with E-state index in [9.17, 15) is 4.79 Å². The summed E-state index contributed by atoms with van der Waals surface area (Å²) in [6, 6.07) is 13.6. The van der Waals surface area contributed by atoms with Crippen molar-refractivity contribution in [3.05, 3.63) is 60.0 Å². The van der Waals surface area contributed by atoms with E-state index in [0.29, 0.717) is 31.4 Å². The predicted molar refractivity (Wildman–Crippen MR) is 119 cm³/mol. The second-order valence-corrected chi connectivity index (χ2v) is 7.44. The number of guanidine groups is 1. The molecule has 0 unspecified atom stereocenters. The molecule has 1 amide bonds. The molecule has 0 bridgehead atoms. The molecule has 3 N–H and O–H groups in total. The molecular weight excluding hydrogens is 378 g/mol. The van der Waals surface area contributed by atoms with Gasteiger partial charge in [-0.1, -0.05) is 32.0 Å². The van der Waals surface area contributed by atoms with Gasteiger partial charge in [0.05, 0.1) is 13.1 Å². The lowest BCUT2D eigenvalue weighted by molar-refractivity contribution is -0.116. The van der Waals surface area contributed by atoms with E-state index in [1.165, 1.54) is 0 Å². The van der Waals surface area contributed by atoms with E-state index >= 15 is 0 Å². The van der Waals surface area contributed by atoms with E-state index in [-0.39, 0.29) is 5.91 Å². The lowest BCUT2D eigenvalue weighted by Crippen LogP contribution is -2.37. The number of aliphatic imine (C=N–C) groups is 1. The fraction of sp³-hybridized carbons (Fsp3) is 0.364. The second-order valence-electron chi connectivity index (χ2n) is 7.44. The Morgan fingerprint density at radius 3 is 2.80 bits per heavy atom. The van der Waals surface area contributed by atoms with E-state index in [4.69, 9.17) is 0 Å². The number of rotatable bonds is 8. The number of hydrogen-bond donors (Lipinski definition) is 3. The number of nitrogens with one attached hydrogen (secondary N) is 3. The lowest BCUT2D eigenvalue weighted by atomic mass is 10.1. The van der Waals surface area contributed by atoms with Crippen molar-refractivity contribution < 1.29 is 4.79 Å². The molecule has 0 atom stereocenters. The van der Waals surface area contributed by atoms with Gasteiger partial charge in [0, 0.05) is 24.8 Å². The normalized spacial score (nSPS) is 11.7. The zero-order chi connectivity index (χ0) is 21.3. The Balaban J connectivity index is 1.63. The Labute approximate surface area is 176 Å². The molecule has 0 radical (unpaired) electrons. The number of pyridine rings is 1. The summed E-state index contributed by atoms with van der Waals surface area (Å²) in [6.07, 6.45) is 2.45. The summed E-state index contributed by atoms with van der Waals surface area (Å²) < 4.78 is 1.94. The molecule has 2 heterocycles. The highest BCUT2D eigenvalue weighted by Crippen LogP contribution is 2.13. The second kappa shape index (κ2) is 10.4. The van der Waals surface area contributed by atoms with Gasteiger partial charge >= 0.3 is 0 Å². The fourth-order valence-electron chi connectivity index (χ4n) is 3.02. The van der Waals surface area contributed by atoms with Gasteiger partial charge in [0.25, 0.3) is 0 Å². The zero-order valence-corrected chi connectivity index (χ0v) is 17.7. The Bertz CT molecular complexity index is 1010. The maximum atomic E-state index is 12.0. The van der Waals surface area contributed by atoms with Crippen molar-refractivity contribution in [1.29, 1.82) is 0 Å². The van der Waals surface area contributed by atoms with Gasteiger partial charge in [-0.25, -0.2) is 4.99 Å². The van der Waals surface area contributed by atoms with E-state index < -0.39 is 0 Å². The summed E-state index contributed by atoms with van der Waals surface area (Å²) in [4.78, 5) is 16.7. The molecule has 3 aromatic rings. The van der Waals surface area contributed by atoms with Crippen LogP contribution in [0.4, 0.5) is 5.69 Å². The van der Waals surface area contributed by atoms with Gasteiger partial charge in [-0.15, -0.1) is 10.2 Å². The molecular formula is C22H29N7O. The number of benzene rings is 1. The van der Waals surface area contributed by atoms with E-state index in [2.05, 4.69) is 31.1 Å². The molecule has 0 spiro atoms. The molecule has 8 heteroatoms. The summed E-state index contributed by atoms with van der Waals surface area (Å²) in [7, 11) is 0. The van der Waals surface area contributed by atoms with Crippen molar-refractivity contribution in [3.63, 3.8) is 0 Å². The third kappa shape index (κ3) is 6.04. The minimum absolute atomic E-state index is 0.0289. The summed E-state index contributed by atoms with van der Waals surface area (Å²) in [5, 5.41) is 17.9. The number of anilines is 1. The summed E-state index contributed by atoms with van der Waals surface area (Å²) in [5.41, 5.74) is 2.62. The molecule has 0 saturated carbocycles. The van der Waals surface area contributed by atoms with Gasteiger partial charge in [-0.3, -0.25) is 9.20 Å². The van der Waals surface area contributed by atoms with Gasteiger partial charge in [0.15, 0.2) is 17.4 Å². The predicted octanol–water partition coefficient (Wildman–Crippen LogP) is 2.97. The topological polar surface area (TPSA) is 95.7 Å². The van der Waals surface area contributed by atoms with E-state index in [1.54, 1.807) is 0 Å². The first kappa shape index (κ1) is 21.3. The number of fused-ring (bicyclic) bond motifs is 1. The van der Waals surface area contributed by atoms with Crippen LogP contribution in [0.15, 0.2) is 53.7 Å². The minimum Gasteiger partial charge on any atom is -0.357 e. The van der Waals surface area contributed by atoms with Gasteiger partial charge in [0.2, 0.25) is 5.91 Å². The van der Waals surface area contributed by atoms with Crippen LogP contribution in [0.2, 0.25) is 0 Å². The number of hydrogen-bond acceptors (Lipinski definition) is 4. The van der Waals surface area contributed by atoms with Crippen LogP contribution in [0, 0.1) is 5.92 Å². The monoisotopic (exact) mass is 407 g/mol. The molecule has 158 valence electrons. The molecule has 3 rings (SSSR count). The summed E-state index contributed by atoms with van der Waals surface area (Å²) in [5.74, 6) is 1.86. The molecule has 8 nitrogen and oxygen atoms in total. The van der Waals surface area contributed by atoms with Crippen LogP contribution in [0.25, 0.3) is 5.65 Å². The van der Waals surface area contributed by atoms with Crippen molar-refractivity contribution in [2.75, 3.05) is 11.9 Å². The Kier molecular flexibility index (Phi) is 7.37. The van der Waals surface area contributed by atoms with Crippen molar-refractivity contribution in [1.82, 2.24) is 25.2 Å². The standard InChI is InChI=1S/C22H29N7O/c1-4-23-22(25-15-20-28-27-19-10-5-6-11-29(19)20)24-14-17-8-7-9-18(13-17)26-21(30)12-16(2)3/h5-11,13,16H,4,12,14-15H2,1-3H3,(H,26,30)(H2,23,24,25). The molecule has 0 aliphatic heterocycles. The average Bonchev–Trinajstić information content (AvgIpc) is 3.13. The van der Waals surface area contributed by atoms with Crippen LogP contribution in [-0.4, -0.2) is 33.0 Å². The third-order valence-electron chi connectivity index (χ3n) is 4.37. The maximum Gasteiger partial charge on any atom is 0.224 e. The molecule has 0 fully saturated rings.